The van der Waals surface area contributed by atoms with Crippen LogP contribution in [-0.4, -0.2) is 69.6 Å². The van der Waals surface area contributed by atoms with E-state index >= 15 is 0 Å². The van der Waals surface area contributed by atoms with Gasteiger partial charge in [-0.05, 0) is 37.1 Å². The van der Waals surface area contributed by atoms with Crippen LogP contribution in [0.4, 0.5) is 17.6 Å². The number of likely N-dealkylation sites (tertiary alicyclic amines) is 1. The van der Waals surface area contributed by atoms with Crippen LogP contribution in [0.3, 0.4) is 0 Å². The van der Waals surface area contributed by atoms with Gasteiger partial charge < -0.3 is 15.2 Å². The average molecular weight is 591 g/mol. The molecule has 0 saturated carbocycles. The number of halogens is 6. The number of rotatable bonds is 7. The number of nitrogens with two attached hydrogens (primary N) is 1. The van der Waals surface area contributed by atoms with Crippen molar-refractivity contribution in [3.8, 4) is 17.3 Å². The van der Waals surface area contributed by atoms with E-state index in [2.05, 4.69) is 15.2 Å². The monoisotopic (exact) mass is 590 g/mol. The maximum absolute atomic E-state index is 14.2. The lowest BCUT2D eigenvalue weighted by atomic mass is 10.1. The van der Waals surface area contributed by atoms with Crippen LogP contribution in [-0.2, 0) is 4.74 Å². The fourth-order valence-corrected chi connectivity index (χ4v) is 4.77. The van der Waals surface area contributed by atoms with Crippen molar-refractivity contribution >= 4 is 41.4 Å². The minimum absolute atomic E-state index is 0. The highest BCUT2D eigenvalue weighted by Crippen LogP contribution is 2.39. The lowest BCUT2D eigenvalue weighted by Gasteiger charge is -2.30. The van der Waals surface area contributed by atoms with Gasteiger partial charge in [-0.3, -0.25) is 9.30 Å². The SMILES string of the molecule is COCC(C)Oc1cc(F)cc2ccc(-c3nnc4ccc([C@@H](N5CCC(N)C5)C(F)(F)F)cn34)nc12.Cl.Cl. The third-order valence-electron chi connectivity index (χ3n) is 6.35. The summed E-state index contributed by atoms with van der Waals surface area (Å²) in [6.07, 6.45) is -2.97. The lowest BCUT2D eigenvalue weighted by Crippen LogP contribution is -2.38. The smallest absolute Gasteiger partial charge is 0.408 e. The Morgan fingerprint density at radius 1 is 1.13 bits per heavy atom. The third kappa shape index (κ3) is 6.36. The largest absolute Gasteiger partial charge is 0.486 e. The predicted octanol–water partition coefficient (Wildman–Crippen LogP) is 4.98. The number of nitrogens with zero attached hydrogens (tertiary/aromatic N) is 5. The number of hydrogen-bond acceptors (Lipinski definition) is 7. The Bertz CT molecular complexity index is 1440. The van der Waals surface area contributed by atoms with Gasteiger partial charge in [-0.2, -0.15) is 13.2 Å². The molecule has 0 radical (unpaired) electrons. The van der Waals surface area contributed by atoms with Crippen molar-refractivity contribution in [2.45, 2.75) is 37.7 Å². The van der Waals surface area contributed by atoms with Crippen molar-refractivity contribution in [1.29, 1.82) is 0 Å². The summed E-state index contributed by atoms with van der Waals surface area (Å²) in [6.45, 7) is 2.48. The number of pyridine rings is 2. The standard InChI is InChI=1S/C25H26F4N6O2.2ClH/c1-14(13-36-2)37-20-10-17(26)9-15-3-5-19(31-22(15)20)24-33-32-21-6-4-16(11-35(21)24)23(25(27,28)29)34-8-7-18(30)12-34;;/h3-6,9-11,14,18,23H,7-8,12-13,30H2,1-2H3;2*1H/t14?,18?,23-;;/m1../s1. The minimum Gasteiger partial charge on any atom is -0.486 e. The summed E-state index contributed by atoms with van der Waals surface area (Å²) in [5, 5.41) is 8.79. The van der Waals surface area contributed by atoms with Crippen LogP contribution in [0.15, 0.2) is 42.6 Å². The first kappa shape index (κ1) is 30.8. The summed E-state index contributed by atoms with van der Waals surface area (Å²) in [6, 6.07) is 6.64. The first-order valence-electron chi connectivity index (χ1n) is 11.8. The molecule has 0 spiro atoms. The van der Waals surface area contributed by atoms with Crippen LogP contribution in [0.1, 0.15) is 24.9 Å². The van der Waals surface area contributed by atoms with Gasteiger partial charge in [0.1, 0.15) is 34.9 Å². The fraction of sp³-hybridized carbons (Fsp3) is 0.400. The first-order chi connectivity index (χ1) is 17.6. The van der Waals surface area contributed by atoms with Crippen molar-refractivity contribution < 1.29 is 27.0 Å². The van der Waals surface area contributed by atoms with Gasteiger partial charge in [0.25, 0.3) is 0 Å². The topological polar surface area (TPSA) is 90.8 Å². The molecule has 4 aromatic rings. The number of alkyl halides is 3. The van der Waals surface area contributed by atoms with Crippen LogP contribution in [0.25, 0.3) is 28.1 Å². The maximum atomic E-state index is 14.2. The molecule has 2 N–H and O–H groups in total. The Morgan fingerprint density at radius 3 is 2.56 bits per heavy atom. The summed E-state index contributed by atoms with van der Waals surface area (Å²) < 4.78 is 69.1. The lowest BCUT2D eigenvalue weighted by molar-refractivity contribution is -0.183. The van der Waals surface area contributed by atoms with Gasteiger partial charge in [-0.15, -0.1) is 35.0 Å². The van der Waals surface area contributed by atoms with E-state index in [1.54, 1.807) is 19.1 Å². The van der Waals surface area contributed by atoms with Gasteiger partial charge in [0.15, 0.2) is 11.5 Å². The summed E-state index contributed by atoms with van der Waals surface area (Å²) >= 11 is 0. The second-order valence-corrected chi connectivity index (χ2v) is 9.26. The summed E-state index contributed by atoms with van der Waals surface area (Å²) in [4.78, 5) is 5.98. The van der Waals surface area contributed by atoms with Crippen molar-refractivity contribution in [3.05, 3.63) is 54.0 Å². The number of benzene rings is 1. The van der Waals surface area contributed by atoms with Crippen molar-refractivity contribution in [3.63, 3.8) is 0 Å². The molecule has 5 rings (SSSR count). The number of hydrogen-bond donors (Lipinski definition) is 1. The molecule has 14 heteroatoms. The van der Waals surface area contributed by atoms with E-state index < -0.39 is 18.0 Å². The van der Waals surface area contributed by atoms with E-state index in [1.165, 1.54) is 46.9 Å². The normalized spacial score (nSPS) is 17.6. The summed E-state index contributed by atoms with van der Waals surface area (Å²) in [5.74, 6) is -0.0181. The molecular weight excluding hydrogens is 563 g/mol. The second-order valence-electron chi connectivity index (χ2n) is 9.26. The van der Waals surface area contributed by atoms with Crippen LogP contribution in [0.2, 0.25) is 0 Å². The zero-order chi connectivity index (χ0) is 26.3. The average Bonchev–Trinajstić information content (AvgIpc) is 3.44. The Balaban J connectivity index is 0.00000210. The molecular formula is C25H28Cl2F4N6O2. The molecule has 1 saturated heterocycles. The molecule has 0 aliphatic carbocycles. The molecule has 1 aliphatic rings. The highest BCUT2D eigenvalue weighted by molar-refractivity contribution is 5.86. The van der Waals surface area contributed by atoms with Gasteiger partial charge in [0.05, 0.1) is 6.61 Å². The zero-order valence-electron chi connectivity index (χ0n) is 21.1. The molecule has 212 valence electrons. The first-order valence-corrected chi connectivity index (χ1v) is 11.8. The fourth-order valence-electron chi connectivity index (χ4n) is 4.77. The molecule has 2 unspecified atom stereocenters. The van der Waals surface area contributed by atoms with E-state index in [4.69, 9.17) is 15.2 Å². The highest BCUT2D eigenvalue weighted by atomic mass is 35.5. The summed E-state index contributed by atoms with van der Waals surface area (Å²) in [7, 11) is 1.53. The molecule has 3 aromatic heterocycles. The number of aromatic nitrogens is 4. The quantitative estimate of drug-likeness (QED) is 0.304. The van der Waals surface area contributed by atoms with Crippen molar-refractivity contribution in [2.24, 2.45) is 5.73 Å². The number of fused-ring (bicyclic) bond motifs is 2. The molecule has 0 amide bonds. The maximum Gasteiger partial charge on any atom is 0.408 e. The van der Waals surface area contributed by atoms with Crippen molar-refractivity contribution in [1.82, 2.24) is 24.5 Å². The molecule has 3 atom stereocenters. The molecule has 0 bridgehead atoms. The van der Waals surface area contributed by atoms with E-state index in [9.17, 15) is 17.6 Å². The van der Waals surface area contributed by atoms with Gasteiger partial charge in [0.2, 0.25) is 0 Å². The molecule has 1 aliphatic heterocycles. The predicted molar refractivity (Wildman–Crippen MR) is 143 cm³/mol. The molecule has 1 fully saturated rings. The Labute approximate surface area is 234 Å². The van der Waals surface area contributed by atoms with Crippen LogP contribution < -0.4 is 10.5 Å². The molecule has 1 aromatic carbocycles. The second kappa shape index (κ2) is 12.2. The van der Waals surface area contributed by atoms with Crippen molar-refractivity contribution in [2.75, 3.05) is 26.8 Å². The molecule has 8 nitrogen and oxygen atoms in total. The minimum atomic E-state index is -4.50. The number of ether oxygens (including phenoxy) is 2. The van der Waals surface area contributed by atoms with Gasteiger partial charge >= 0.3 is 6.18 Å². The van der Waals surface area contributed by atoms with Crippen LogP contribution >= 0.6 is 24.8 Å². The van der Waals surface area contributed by atoms with E-state index in [0.29, 0.717) is 28.7 Å². The molecule has 39 heavy (non-hydrogen) atoms. The van der Waals surface area contributed by atoms with Crippen LogP contribution in [0.5, 0.6) is 5.75 Å². The van der Waals surface area contributed by atoms with E-state index in [0.717, 1.165) is 0 Å². The van der Waals surface area contributed by atoms with Gasteiger partial charge in [-0.25, -0.2) is 9.37 Å². The third-order valence-corrected chi connectivity index (χ3v) is 6.35. The van der Waals surface area contributed by atoms with E-state index in [1.807, 2.05) is 0 Å². The van der Waals surface area contributed by atoms with E-state index in [-0.39, 0.29) is 73.8 Å². The van der Waals surface area contributed by atoms with Gasteiger partial charge in [-0.1, -0.05) is 12.1 Å². The van der Waals surface area contributed by atoms with Crippen LogP contribution in [0, 0.1) is 5.82 Å². The van der Waals surface area contributed by atoms with Gasteiger partial charge in [0, 0.05) is 43.9 Å². The molecule has 4 heterocycles. The Morgan fingerprint density at radius 2 is 1.90 bits per heavy atom. The Kier molecular flexibility index (Phi) is 9.60. The summed E-state index contributed by atoms with van der Waals surface area (Å²) in [5.41, 5.74) is 7.04. The Hall–Kier alpha value is -2.77. The number of methoxy groups -OCH3 is 1. The highest BCUT2D eigenvalue weighted by Gasteiger charge is 2.46. The zero-order valence-corrected chi connectivity index (χ0v) is 22.7.